The van der Waals surface area contributed by atoms with Crippen LogP contribution in [0, 0.1) is 0 Å². The minimum absolute atomic E-state index is 0.00699. The van der Waals surface area contributed by atoms with Gasteiger partial charge in [0.25, 0.3) is 0 Å². The summed E-state index contributed by atoms with van der Waals surface area (Å²) in [5.74, 6) is 0.154. The van der Waals surface area contributed by atoms with Crippen LogP contribution in [-0.4, -0.2) is 40.2 Å². The molecule has 0 aliphatic heterocycles. The summed E-state index contributed by atoms with van der Waals surface area (Å²) in [6.07, 6.45) is 5.77. The molecule has 1 aromatic carbocycles. The smallest absolute Gasteiger partial charge is 0.227 e. The number of para-hydroxylation sites is 1. The molecular weight excluding hydrogens is 254 g/mol. The molecule has 4 heteroatoms. The van der Waals surface area contributed by atoms with Gasteiger partial charge in [-0.2, -0.15) is 0 Å². The lowest BCUT2D eigenvalue weighted by Gasteiger charge is -2.34. The van der Waals surface area contributed by atoms with Gasteiger partial charge in [0.1, 0.15) is 5.75 Å². The van der Waals surface area contributed by atoms with Gasteiger partial charge in [-0.15, -0.1) is 0 Å². The second-order valence-electron chi connectivity index (χ2n) is 5.41. The van der Waals surface area contributed by atoms with E-state index in [4.69, 9.17) is 0 Å². The number of hydrogen-bond acceptors (Lipinski definition) is 3. The molecule has 0 aromatic heterocycles. The molecule has 1 fully saturated rings. The molecule has 0 unspecified atom stereocenters. The van der Waals surface area contributed by atoms with Crippen molar-refractivity contribution in [3.05, 3.63) is 29.8 Å². The van der Waals surface area contributed by atoms with E-state index >= 15 is 0 Å². The van der Waals surface area contributed by atoms with Crippen molar-refractivity contribution in [2.45, 2.75) is 44.6 Å². The Morgan fingerprint density at radius 1 is 1.20 bits per heavy atom. The third-order valence-electron chi connectivity index (χ3n) is 4.01. The molecule has 0 radical (unpaired) electrons. The number of rotatable bonds is 5. The SMILES string of the molecule is O=C(Cc1ccccc1O)N(CCO)C1CCCCC1. The van der Waals surface area contributed by atoms with Gasteiger partial charge in [0, 0.05) is 18.2 Å². The van der Waals surface area contributed by atoms with Crippen molar-refractivity contribution in [1.29, 1.82) is 0 Å². The minimum Gasteiger partial charge on any atom is -0.508 e. The molecule has 20 heavy (non-hydrogen) atoms. The van der Waals surface area contributed by atoms with Gasteiger partial charge in [0.2, 0.25) is 5.91 Å². The second kappa shape index (κ2) is 7.29. The lowest BCUT2D eigenvalue weighted by atomic mass is 9.93. The topological polar surface area (TPSA) is 60.8 Å². The normalized spacial score (nSPS) is 16.1. The summed E-state index contributed by atoms with van der Waals surface area (Å²) < 4.78 is 0. The van der Waals surface area contributed by atoms with Crippen molar-refractivity contribution in [3.8, 4) is 5.75 Å². The summed E-state index contributed by atoms with van der Waals surface area (Å²) in [4.78, 5) is 14.3. The van der Waals surface area contributed by atoms with Crippen LogP contribution < -0.4 is 0 Å². The number of benzene rings is 1. The van der Waals surface area contributed by atoms with Gasteiger partial charge in [0.15, 0.2) is 0 Å². The first-order chi connectivity index (χ1) is 9.72. The summed E-state index contributed by atoms with van der Waals surface area (Å²) in [6, 6.07) is 7.18. The lowest BCUT2D eigenvalue weighted by Crippen LogP contribution is -2.43. The first-order valence-corrected chi connectivity index (χ1v) is 7.39. The summed E-state index contributed by atoms with van der Waals surface area (Å²) >= 11 is 0. The Labute approximate surface area is 120 Å². The number of aromatic hydroxyl groups is 1. The molecule has 4 nitrogen and oxygen atoms in total. The van der Waals surface area contributed by atoms with Gasteiger partial charge < -0.3 is 15.1 Å². The number of aliphatic hydroxyl groups excluding tert-OH is 1. The quantitative estimate of drug-likeness (QED) is 0.866. The molecule has 1 aliphatic rings. The van der Waals surface area contributed by atoms with Crippen molar-refractivity contribution in [2.75, 3.05) is 13.2 Å². The first kappa shape index (κ1) is 14.9. The molecule has 0 spiro atoms. The van der Waals surface area contributed by atoms with Gasteiger partial charge in [-0.25, -0.2) is 0 Å². The molecule has 110 valence electrons. The van der Waals surface area contributed by atoms with Crippen LogP contribution in [0.5, 0.6) is 5.75 Å². The molecule has 0 saturated heterocycles. The van der Waals surface area contributed by atoms with Crippen LogP contribution in [-0.2, 0) is 11.2 Å². The van der Waals surface area contributed by atoms with E-state index in [-0.39, 0.29) is 30.7 Å². The van der Waals surface area contributed by atoms with Gasteiger partial charge in [-0.05, 0) is 18.9 Å². The van der Waals surface area contributed by atoms with Crippen molar-refractivity contribution in [3.63, 3.8) is 0 Å². The molecule has 1 amide bonds. The van der Waals surface area contributed by atoms with Crippen LogP contribution in [0.2, 0.25) is 0 Å². The maximum atomic E-state index is 12.5. The van der Waals surface area contributed by atoms with Crippen LogP contribution >= 0.6 is 0 Å². The predicted molar refractivity (Wildman–Crippen MR) is 77.5 cm³/mol. The number of carbonyl (C=O) groups is 1. The predicted octanol–water partition coefficient (Wildman–Crippen LogP) is 2.09. The summed E-state index contributed by atoms with van der Waals surface area (Å²) in [5, 5.41) is 19.0. The van der Waals surface area contributed by atoms with E-state index in [2.05, 4.69) is 0 Å². The molecule has 2 rings (SSSR count). The van der Waals surface area contributed by atoms with E-state index in [0.717, 1.165) is 25.7 Å². The number of hydrogen-bond donors (Lipinski definition) is 2. The van der Waals surface area contributed by atoms with Crippen molar-refractivity contribution >= 4 is 5.91 Å². The van der Waals surface area contributed by atoms with Crippen molar-refractivity contribution in [1.82, 2.24) is 4.90 Å². The van der Waals surface area contributed by atoms with E-state index < -0.39 is 0 Å². The Morgan fingerprint density at radius 3 is 2.55 bits per heavy atom. The van der Waals surface area contributed by atoms with Crippen LogP contribution in [0.15, 0.2) is 24.3 Å². The Hall–Kier alpha value is -1.55. The molecule has 0 heterocycles. The zero-order valence-corrected chi connectivity index (χ0v) is 11.8. The number of phenolic OH excluding ortho intramolecular Hbond substituents is 1. The van der Waals surface area contributed by atoms with Crippen LogP contribution in [0.1, 0.15) is 37.7 Å². The molecule has 1 aliphatic carbocycles. The fourth-order valence-electron chi connectivity index (χ4n) is 2.94. The molecule has 2 N–H and O–H groups in total. The van der Waals surface area contributed by atoms with Gasteiger partial charge in [-0.1, -0.05) is 37.5 Å². The Balaban J connectivity index is 2.04. The van der Waals surface area contributed by atoms with Crippen LogP contribution in [0.3, 0.4) is 0 Å². The Kier molecular flexibility index (Phi) is 5.41. The number of phenols is 1. The first-order valence-electron chi connectivity index (χ1n) is 7.39. The van der Waals surface area contributed by atoms with Gasteiger partial charge in [-0.3, -0.25) is 4.79 Å². The fraction of sp³-hybridized carbons (Fsp3) is 0.562. The number of amides is 1. The van der Waals surface area contributed by atoms with E-state index in [9.17, 15) is 15.0 Å². The largest absolute Gasteiger partial charge is 0.508 e. The highest BCUT2D eigenvalue weighted by molar-refractivity contribution is 5.79. The average Bonchev–Trinajstić information content (AvgIpc) is 2.48. The number of aliphatic hydroxyl groups is 1. The standard InChI is InChI=1S/C16H23NO3/c18-11-10-17(14-7-2-1-3-8-14)16(20)12-13-6-4-5-9-15(13)19/h4-6,9,14,18-19H,1-3,7-8,10-12H2. The third kappa shape index (κ3) is 3.73. The maximum absolute atomic E-state index is 12.5. The molecular formula is C16H23NO3. The summed E-state index contributed by atoms with van der Waals surface area (Å²) in [5.41, 5.74) is 0.649. The average molecular weight is 277 g/mol. The summed E-state index contributed by atoms with van der Waals surface area (Å²) in [6.45, 7) is 0.375. The van der Waals surface area contributed by atoms with E-state index in [1.807, 2.05) is 6.07 Å². The van der Waals surface area contributed by atoms with Gasteiger partial charge >= 0.3 is 0 Å². The Morgan fingerprint density at radius 2 is 1.90 bits per heavy atom. The number of nitrogens with zero attached hydrogens (tertiary/aromatic N) is 1. The van der Waals surface area contributed by atoms with Crippen LogP contribution in [0.25, 0.3) is 0 Å². The Bertz CT molecular complexity index is 441. The zero-order chi connectivity index (χ0) is 14.4. The highest BCUT2D eigenvalue weighted by Crippen LogP contribution is 2.24. The van der Waals surface area contributed by atoms with E-state index in [1.165, 1.54) is 6.42 Å². The van der Waals surface area contributed by atoms with E-state index in [1.54, 1.807) is 23.1 Å². The number of carbonyl (C=O) groups excluding carboxylic acids is 1. The zero-order valence-electron chi connectivity index (χ0n) is 11.8. The highest BCUT2D eigenvalue weighted by atomic mass is 16.3. The molecule has 1 saturated carbocycles. The lowest BCUT2D eigenvalue weighted by molar-refractivity contribution is -0.134. The molecule has 0 atom stereocenters. The fourth-order valence-corrected chi connectivity index (χ4v) is 2.94. The second-order valence-corrected chi connectivity index (χ2v) is 5.41. The molecule has 0 bridgehead atoms. The summed E-state index contributed by atoms with van der Waals surface area (Å²) in [7, 11) is 0. The van der Waals surface area contributed by atoms with Gasteiger partial charge in [0.05, 0.1) is 13.0 Å². The monoisotopic (exact) mass is 277 g/mol. The van der Waals surface area contributed by atoms with Crippen molar-refractivity contribution < 1.29 is 15.0 Å². The third-order valence-corrected chi connectivity index (χ3v) is 4.01. The molecule has 1 aromatic rings. The van der Waals surface area contributed by atoms with Crippen LogP contribution in [0.4, 0.5) is 0 Å². The van der Waals surface area contributed by atoms with Crippen molar-refractivity contribution in [2.24, 2.45) is 0 Å². The van der Waals surface area contributed by atoms with E-state index in [0.29, 0.717) is 12.1 Å². The highest BCUT2D eigenvalue weighted by Gasteiger charge is 2.25. The minimum atomic E-state index is -0.0109. The maximum Gasteiger partial charge on any atom is 0.227 e.